The third-order valence-electron chi connectivity index (χ3n) is 6.57. The summed E-state index contributed by atoms with van der Waals surface area (Å²) in [6.07, 6.45) is -0.970. The first-order chi connectivity index (χ1) is 10.9. The van der Waals surface area contributed by atoms with E-state index in [1.165, 1.54) is 0 Å². The molecule has 5 rings (SSSR count). The van der Waals surface area contributed by atoms with Crippen LogP contribution in [-0.2, 0) is 16.6 Å². The first-order valence-corrected chi connectivity index (χ1v) is 8.06. The number of likely N-dealkylation sites (N-methyl/N-ethyl adjacent to an activating group) is 1. The summed E-state index contributed by atoms with van der Waals surface area (Å²) in [7, 11) is 1.94. The second-order valence-electron chi connectivity index (χ2n) is 7.38. The second-order valence-corrected chi connectivity index (χ2v) is 7.38. The number of phenols is 1. The SMILES string of the molecule is CN1CC[C@]23c4c5ccc(O)c4O[C@H]2C(=O)CC(O)[C@@]3(O)[C@H]1C5.Cl. The zero-order valence-electron chi connectivity index (χ0n) is 13.2. The van der Waals surface area contributed by atoms with E-state index in [4.69, 9.17) is 4.74 Å². The van der Waals surface area contributed by atoms with Crippen LogP contribution in [0.15, 0.2) is 12.1 Å². The standard InChI is InChI=1S/C17H19NO5.ClH/c1-18-5-4-16-13-8-2-3-9(19)14(13)23-15(16)10(20)7-12(21)17(16,22)11(18)6-8;/h2-3,11-12,15,19,21-22H,4-7H2,1H3;1H/t11-,12?,15+,16+,17+;/m1./s1. The summed E-state index contributed by atoms with van der Waals surface area (Å²) in [5.41, 5.74) is -0.671. The van der Waals surface area contributed by atoms with Gasteiger partial charge in [0.25, 0.3) is 0 Å². The van der Waals surface area contributed by atoms with Crippen molar-refractivity contribution in [1.82, 2.24) is 4.90 Å². The third kappa shape index (κ3) is 1.43. The quantitative estimate of drug-likeness (QED) is 0.614. The lowest BCUT2D eigenvalue weighted by atomic mass is 9.48. The summed E-state index contributed by atoms with van der Waals surface area (Å²) in [5, 5.41) is 32.5. The van der Waals surface area contributed by atoms with Crippen molar-refractivity contribution in [2.24, 2.45) is 0 Å². The van der Waals surface area contributed by atoms with Crippen molar-refractivity contribution in [1.29, 1.82) is 0 Å². The number of aliphatic hydroxyl groups is 2. The molecular formula is C17H20ClNO5. The molecule has 2 heterocycles. The highest BCUT2D eigenvalue weighted by Crippen LogP contribution is 2.64. The number of piperidine rings is 1. The minimum Gasteiger partial charge on any atom is -0.504 e. The van der Waals surface area contributed by atoms with Gasteiger partial charge in [-0.15, -0.1) is 12.4 Å². The fraction of sp³-hybridized carbons (Fsp3) is 0.588. The predicted octanol–water partition coefficient (Wildman–Crippen LogP) is 0.138. The molecule has 0 radical (unpaired) electrons. The Morgan fingerprint density at radius 1 is 1.33 bits per heavy atom. The second kappa shape index (κ2) is 4.64. The minimum absolute atomic E-state index is 0. The largest absolute Gasteiger partial charge is 0.504 e. The fourth-order valence-electron chi connectivity index (χ4n) is 5.58. The maximum absolute atomic E-state index is 12.6. The van der Waals surface area contributed by atoms with Crippen LogP contribution in [0.3, 0.4) is 0 Å². The average Bonchev–Trinajstić information content (AvgIpc) is 2.86. The van der Waals surface area contributed by atoms with Crippen molar-refractivity contribution >= 4 is 18.2 Å². The van der Waals surface area contributed by atoms with Gasteiger partial charge in [0.05, 0.1) is 11.5 Å². The number of hydrogen-bond acceptors (Lipinski definition) is 6. The van der Waals surface area contributed by atoms with Gasteiger partial charge in [0.1, 0.15) is 5.60 Å². The van der Waals surface area contributed by atoms with Crippen molar-refractivity contribution in [2.45, 2.75) is 48.5 Å². The molecule has 0 amide bonds. The highest BCUT2D eigenvalue weighted by atomic mass is 35.5. The van der Waals surface area contributed by atoms with Gasteiger partial charge >= 0.3 is 0 Å². The van der Waals surface area contributed by atoms with Crippen molar-refractivity contribution in [3.05, 3.63) is 23.3 Å². The van der Waals surface area contributed by atoms with E-state index in [0.717, 1.165) is 11.1 Å². The number of likely N-dealkylation sites (tertiary alicyclic amines) is 1. The molecule has 2 aliphatic carbocycles. The number of benzene rings is 1. The topological polar surface area (TPSA) is 90.2 Å². The van der Waals surface area contributed by atoms with Gasteiger partial charge < -0.3 is 25.0 Å². The molecule has 1 aromatic rings. The molecule has 2 bridgehead atoms. The number of carbonyl (C=O) groups excluding carboxylic acids is 1. The molecule has 1 spiro atoms. The molecule has 130 valence electrons. The van der Waals surface area contributed by atoms with E-state index in [1.807, 2.05) is 13.1 Å². The first kappa shape index (κ1) is 16.1. The summed E-state index contributed by atoms with van der Waals surface area (Å²) in [4.78, 5) is 14.6. The summed E-state index contributed by atoms with van der Waals surface area (Å²) in [6, 6.07) is 3.16. The van der Waals surface area contributed by atoms with E-state index < -0.39 is 23.2 Å². The minimum atomic E-state index is -1.44. The van der Waals surface area contributed by atoms with Crippen LogP contribution in [0, 0.1) is 0 Å². The number of Topliss-reactive ketones (excluding diaryl/α,β-unsaturated/α-hetero) is 1. The Bertz CT molecular complexity index is 755. The van der Waals surface area contributed by atoms with Gasteiger partial charge in [-0.1, -0.05) is 6.07 Å². The van der Waals surface area contributed by atoms with Crippen LogP contribution in [0.25, 0.3) is 0 Å². The molecule has 1 unspecified atom stereocenters. The van der Waals surface area contributed by atoms with Gasteiger partial charge in [0.2, 0.25) is 0 Å². The molecule has 4 aliphatic rings. The Kier molecular flexibility index (Phi) is 3.12. The van der Waals surface area contributed by atoms with Gasteiger partial charge in [-0.25, -0.2) is 0 Å². The molecule has 2 fully saturated rings. The van der Waals surface area contributed by atoms with Crippen LogP contribution in [-0.4, -0.2) is 63.4 Å². The number of aromatic hydroxyl groups is 1. The monoisotopic (exact) mass is 353 g/mol. The van der Waals surface area contributed by atoms with Crippen molar-refractivity contribution < 1.29 is 24.9 Å². The number of phenolic OH excluding ortho intramolecular Hbond substituents is 1. The Hall–Kier alpha value is -1.34. The van der Waals surface area contributed by atoms with Crippen LogP contribution < -0.4 is 4.74 Å². The molecule has 1 aromatic carbocycles. The highest BCUT2D eigenvalue weighted by Gasteiger charge is 2.75. The number of aliphatic hydroxyl groups excluding tert-OH is 1. The Balaban J connectivity index is 0.00000146. The van der Waals surface area contributed by atoms with Crippen LogP contribution in [0.5, 0.6) is 11.5 Å². The highest BCUT2D eigenvalue weighted by molar-refractivity contribution is 5.90. The van der Waals surface area contributed by atoms with E-state index >= 15 is 0 Å². The lowest BCUT2D eigenvalue weighted by Crippen LogP contribution is -2.80. The number of rotatable bonds is 0. The van der Waals surface area contributed by atoms with Crippen LogP contribution >= 0.6 is 12.4 Å². The summed E-state index contributed by atoms with van der Waals surface area (Å²) >= 11 is 0. The molecule has 7 heteroatoms. The first-order valence-electron chi connectivity index (χ1n) is 8.06. The molecule has 3 N–H and O–H groups in total. The number of nitrogens with zero attached hydrogens (tertiary/aromatic N) is 1. The Morgan fingerprint density at radius 2 is 2.08 bits per heavy atom. The van der Waals surface area contributed by atoms with Gasteiger partial charge in [-0.3, -0.25) is 4.79 Å². The van der Waals surface area contributed by atoms with Gasteiger partial charge in [0.15, 0.2) is 23.4 Å². The Morgan fingerprint density at radius 3 is 2.83 bits per heavy atom. The summed E-state index contributed by atoms with van der Waals surface area (Å²) in [5.74, 6) is 0.111. The number of ketones is 1. The van der Waals surface area contributed by atoms with Crippen molar-refractivity contribution in [3.63, 3.8) is 0 Å². The zero-order valence-corrected chi connectivity index (χ0v) is 14.0. The van der Waals surface area contributed by atoms with E-state index in [2.05, 4.69) is 4.90 Å². The maximum atomic E-state index is 12.6. The molecule has 2 aliphatic heterocycles. The summed E-state index contributed by atoms with van der Waals surface area (Å²) < 4.78 is 5.88. The number of carbonyl (C=O) groups is 1. The van der Waals surface area contributed by atoms with E-state index in [1.54, 1.807) is 6.07 Å². The predicted molar refractivity (Wildman–Crippen MR) is 86.8 cm³/mol. The van der Waals surface area contributed by atoms with Crippen LogP contribution in [0.2, 0.25) is 0 Å². The van der Waals surface area contributed by atoms with Gasteiger partial charge in [0, 0.05) is 18.0 Å². The molecule has 6 nitrogen and oxygen atoms in total. The lowest BCUT2D eigenvalue weighted by molar-refractivity contribution is -0.226. The molecule has 1 saturated heterocycles. The third-order valence-corrected chi connectivity index (χ3v) is 6.57. The van der Waals surface area contributed by atoms with Crippen LogP contribution in [0.4, 0.5) is 0 Å². The van der Waals surface area contributed by atoms with Crippen LogP contribution in [0.1, 0.15) is 24.0 Å². The maximum Gasteiger partial charge on any atom is 0.177 e. The van der Waals surface area contributed by atoms with Crippen molar-refractivity contribution in [3.8, 4) is 11.5 Å². The molecular weight excluding hydrogens is 334 g/mol. The van der Waals surface area contributed by atoms with E-state index in [9.17, 15) is 20.1 Å². The summed E-state index contributed by atoms with van der Waals surface area (Å²) in [6.45, 7) is 0.710. The average molecular weight is 354 g/mol. The van der Waals surface area contributed by atoms with Crippen molar-refractivity contribution in [2.75, 3.05) is 13.6 Å². The van der Waals surface area contributed by atoms with Gasteiger partial charge in [-0.05, 0) is 38.1 Å². The number of hydrogen-bond donors (Lipinski definition) is 3. The molecule has 24 heavy (non-hydrogen) atoms. The lowest BCUT2D eigenvalue weighted by Gasteiger charge is -2.63. The number of halogens is 1. The van der Waals surface area contributed by atoms with E-state index in [0.29, 0.717) is 25.1 Å². The van der Waals surface area contributed by atoms with Gasteiger partial charge in [-0.2, -0.15) is 0 Å². The molecule has 0 aromatic heterocycles. The normalized spacial score (nSPS) is 42.1. The molecule has 1 saturated carbocycles. The smallest absolute Gasteiger partial charge is 0.177 e. The van der Waals surface area contributed by atoms with E-state index in [-0.39, 0.29) is 36.4 Å². The fourth-order valence-corrected chi connectivity index (χ4v) is 5.58. The zero-order chi connectivity index (χ0) is 16.1. The number of ether oxygens (including phenoxy) is 1. The molecule has 5 atom stereocenters. The Labute approximate surface area is 145 Å².